The van der Waals surface area contributed by atoms with E-state index in [0.29, 0.717) is 11.6 Å². The Hall–Kier alpha value is -2.78. The Morgan fingerprint density at radius 2 is 1.81 bits per heavy atom. The molecule has 0 radical (unpaired) electrons. The lowest BCUT2D eigenvalue weighted by atomic mass is 10.1. The Labute approximate surface area is 194 Å². The number of carbonyl (C=O) groups is 2. The molecular formula is C22H28ClN3O5S. The van der Waals surface area contributed by atoms with Crippen LogP contribution in [0.2, 0.25) is 5.02 Å². The van der Waals surface area contributed by atoms with E-state index in [0.717, 1.165) is 16.1 Å². The Bertz CT molecular complexity index is 1050. The summed E-state index contributed by atoms with van der Waals surface area (Å²) in [5.74, 6) is -0.623. The Balaban J connectivity index is 2.44. The predicted octanol–water partition coefficient (Wildman–Crippen LogP) is 2.67. The van der Waals surface area contributed by atoms with Gasteiger partial charge in [-0.25, -0.2) is 8.42 Å². The van der Waals surface area contributed by atoms with Gasteiger partial charge in [0.2, 0.25) is 21.8 Å². The molecule has 0 spiro atoms. The highest BCUT2D eigenvalue weighted by molar-refractivity contribution is 7.92. The van der Waals surface area contributed by atoms with Crippen LogP contribution in [0.1, 0.15) is 19.4 Å². The Kier molecular flexibility index (Phi) is 8.91. The first-order chi connectivity index (χ1) is 15.1. The number of ether oxygens (including phenoxy) is 1. The van der Waals surface area contributed by atoms with E-state index < -0.39 is 28.5 Å². The third kappa shape index (κ3) is 6.61. The van der Waals surface area contributed by atoms with Crippen LogP contribution in [0.3, 0.4) is 0 Å². The molecule has 0 saturated heterocycles. The summed E-state index contributed by atoms with van der Waals surface area (Å²) in [6, 6.07) is 12.9. The van der Waals surface area contributed by atoms with Crippen LogP contribution < -0.4 is 14.4 Å². The van der Waals surface area contributed by atoms with Crippen LogP contribution in [-0.2, 0) is 26.2 Å². The van der Waals surface area contributed by atoms with Gasteiger partial charge in [0.15, 0.2) is 0 Å². The highest BCUT2D eigenvalue weighted by Gasteiger charge is 2.31. The van der Waals surface area contributed by atoms with Crippen LogP contribution >= 0.6 is 11.6 Å². The van der Waals surface area contributed by atoms with Gasteiger partial charge in [-0.3, -0.25) is 13.9 Å². The summed E-state index contributed by atoms with van der Waals surface area (Å²) < 4.78 is 31.4. The summed E-state index contributed by atoms with van der Waals surface area (Å²) >= 11 is 6.08. The number of nitrogens with one attached hydrogen (secondary N) is 1. The van der Waals surface area contributed by atoms with Gasteiger partial charge in [0.1, 0.15) is 18.3 Å². The second-order valence-electron chi connectivity index (χ2n) is 7.16. The number of anilines is 1. The minimum atomic E-state index is -3.88. The van der Waals surface area contributed by atoms with Crippen molar-refractivity contribution in [3.63, 3.8) is 0 Å². The van der Waals surface area contributed by atoms with E-state index in [4.69, 9.17) is 16.3 Å². The van der Waals surface area contributed by atoms with Crippen LogP contribution in [-0.4, -0.2) is 57.6 Å². The number of hydrogen-bond donors (Lipinski definition) is 1. The molecule has 1 N–H and O–H groups in total. The summed E-state index contributed by atoms with van der Waals surface area (Å²) in [7, 11) is -2.48. The molecule has 0 saturated carbocycles. The number of halogens is 1. The van der Waals surface area contributed by atoms with Gasteiger partial charge in [-0.15, -0.1) is 0 Å². The number of hydrogen-bond acceptors (Lipinski definition) is 5. The molecule has 0 fully saturated rings. The van der Waals surface area contributed by atoms with E-state index in [1.807, 2.05) is 30.3 Å². The molecular weight excluding hydrogens is 454 g/mol. The monoisotopic (exact) mass is 481 g/mol. The van der Waals surface area contributed by atoms with E-state index >= 15 is 0 Å². The molecule has 174 valence electrons. The van der Waals surface area contributed by atoms with Crippen molar-refractivity contribution in [2.45, 2.75) is 26.4 Å². The van der Waals surface area contributed by atoms with E-state index in [1.165, 1.54) is 24.1 Å². The maximum absolute atomic E-state index is 13.4. The average molecular weight is 482 g/mol. The maximum Gasteiger partial charge on any atom is 0.244 e. The lowest BCUT2D eigenvalue weighted by Crippen LogP contribution is -2.51. The SMILES string of the molecule is CCNC(=O)C(C)N(Cc1ccccc1)C(=O)CN(c1cc(Cl)ccc1OC)S(C)(=O)=O. The minimum absolute atomic E-state index is 0.140. The zero-order valence-corrected chi connectivity index (χ0v) is 20.1. The van der Waals surface area contributed by atoms with Crippen molar-refractivity contribution in [2.75, 3.05) is 30.8 Å². The molecule has 8 nitrogen and oxygen atoms in total. The van der Waals surface area contributed by atoms with Crippen molar-refractivity contribution in [3.8, 4) is 5.75 Å². The Morgan fingerprint density at radius 1 is 1.16 bits per heavy atom. The molecule has 10 heteroatoms. The largest absolute Gasteiger partial charge is 0.495 e. The van der Waals surface area contributed by atoms with Gasteiger partial charge in [0.25, 0.3) is 0 Å². The summed E-state index contributed by atoms with van der Waals surface area (Å²) in [4.78, 5) is 27.2. The number of carbonyl (C=O) groups excluding carboxylic acids is 2. The van der Waals surface area contributed by atoms with E-state index in [2.05, 4.69) is 5.32 Å². The quantitative estimate of drug-likeness (QED) is 0.562. The van der Waals surface area contributed by atoms with Crippen LogP contribution in [0, 0.1) is 0 Å². The fourth-order valence-electron chi connectivity index (χ4n) is 3.14. The van der Waals surface area contributed by atoms with Gasteiger partial charge in [-0.1, -0.05) is 41.9 Å². The highest BCUT2D eigenvalue weighted by atomic mass is 35.5. The first kappa shape index (κ1) is 25.5. The zero-order valence-electron chi connectivity index (χ0n) is 18.5. The molecule has 0 aliphatic heterocycles. The molecule has 2 rings (SSSR count). The summed E-state index contributed by atoms with van der Waals surface area (Å²) in [6.45, 7) is 3.42. The van der Waals surface area contributed by atoms with Gasteiger partial charge < -0.3 is 15.0 Å². The third-order valence-electron chi connectivity index (χ3n) is 4.80. The standard InChI is InChI=1S/C22H28ClN3O5S/c1-5-24-22(28)16(2)25(14-17-9-7-6-8-10-17)21(27)15-26(32(4,29)30)19-13-18(23)11-12-20(19)31-3/h6-13,16H,5,14-15H2,1-4H3,(H,24,28). The molecule has 32 heavy (non-hydrogen) atoms. The third-order valence-corrected chi connectivity index (χ3v) is 6.16. The average Bonchev–Trinajstić information content (AvgIpc) is 2.75. The summed E-state index contributed by atoms with van der Waals surface area (Å²) in [6.07, 6.45) is 0.995. The van der Waals surface area contributed by atoms with E-state index in [-0.39, 0.29) is 23.9 Å². The van der Waals surface area contributed by atoms with Crippen molar-refractivity contribution >= 4 is 39.1 Å². The number of amides is 2. The van der Waals surface area contributed by atoms with Gasteiger partial charge >= 0.3 is 0 Å². The van der Waals surface area contributed by atoms with Crippen molar-refractivity contribution in [2.24, 2.45) is 0 Å². The van der Waals surface area contributed by atoms with Crippen LogP contribution in [0.25, 0.3) is 0 Å². The van der Waals surface area contributed by atoms with Crippen molar-refractivity contribution < 1.29 is 22.7 Å². The van der Waals surface area contributed by atoms with Gasteiger partial charge in [0.05, 0.1) is 19.1 Å². The number of rotatable bonds is 10. The second-order valence-corrected chi connectivity index (χ2v) is 9.51. The summed E-state index contributed by atoms with van der Waals surface area (Å²) in [5, 5.41) is 3.00. The smallest absolute Gasteiger partial charge is 0.244 e. The zero-order chi connectivity index (χ0) is 23.9. The molecule has 0 heterocycles. The van der Waals surface area contributed by atoms with Crippen molar-refractivity contribution in [1.82, 2.24) is 10.2 Å². The molecule has 1 atom stereocenters. The Morgan fingerprint density at radius 3 is 2.38 bits per heavy atom. The van der Waals surface area contributed by atoms with Gasteiger partial charge in [0, 0.05) is 18.1 Å². The van der Waals surface area contributed by atoms with Crippen LogP contribution in [0.5, 0.6) is 5.75 Å². The van der Waals surface area contributed by atoms with Gasteiger partial charge in [-0.2, -0.15) is 0 Å². The molecule has 0 bridgehead atoms. The minimum Gasteiger partial charge on any atom is -0.495 e. The number of sulfonamides is 1. The molecule has 0 aromatic heterocycles. The van der Waals surface area contributed by atoms with Crippen molar-refractivity contribution in [3.05, 3.63) is 59.1 Å². The number of benzene rings is 2. The molecule has 0 aliphatic rings. The maximum atomic E-state index is 13.4. The van der Waals surface area contributed by atoms with Crippen LogP contribution in [0.4, 0.5) is 5.69 Å². The molecule has 0 aliphatic carbocycles. The summed E-state index contributed by atoms with van der Waals surface area (Å²) in [5.41, 5.74) is 0.949. The topological polar surface area (TPSA) is 96.0 Å². The lowest BCUT2D eigenvalue weighted by molar-refractivity contribution is -0.139. The lowest BCUT2D eigenvalue weighted by Gasteiger charge is -2.31. The van der Waals surface area contributed by atoms with E-state index in [9.17, 15) is 18.0 Å². The first-order valence-corrected chi connectivity index (χ1v) is 12.2. The van der Waals surface area contributed by atoms with Crippen molar-refractivity contribution in [1.29, 1.82) is 0 Å². The molecule has 2 aromatic rings. The number of nitrogens with zero attached hydrogens (tertiary/aromatic N) is 2. The van der Waals surface area contributed by atoms with E-state index in [1.54, 1.807) is 19.9 Å². The molecule has 2 amide bonds. The highest BCUT2D eigenvalue weighted by Crippen LogP contribution is 2.33. The van der Waals surface area contributed by atoms with Crippen LogP contribution in [0.15, 0.2) is 48.5 Å². The normalized spacial score (nSPS) is 12.0. The van der Waals surface area contributed by atoms with Gasteiger partial charge in [-0.05, 0) is 37.6 Å². The first-order valence-electron chi connectivity index (χ1n) is 10.0. The fourth-order valence-corrected chi connectivity index (χ4v) is 4.15. The molecule has 2 aromatic carbocycles. The number of methoxy groups -OCH3 is 1. The second kappa shape index (κ2) is 11.2. The number of likely N-dealkylation sites (N-methyl/N-ethyl adjacent to an activating group) is 1. The molecule has 1 unspecified atom stereocenters. The predicted molar refractivity (Wildman–Crippen MR) is 125 cm³/mol. The fraction of sp³-hybridized carbons (Fsp3) is 0.364.